The quantitative estimate of drug-likeness (QED) is 0.125. The van der Waals surface area contributed by atoms with Crippen LogP contribution >= 0.6 is 0 Å². The number of hydrogen-bond donors (Lipinski definition) is 2. The van der Waals surface area contributed by atoms with Crippen molar-refractivity contribution in [1.29, 1.82) is 0 Å². The van der Waals surface area contributed by atoms with Gasteiger partial charge in [0.1, 0.15) is 36.5 Å². The normalized spacial score (nSPS) is 26.9. The Labute approximate surface area is 285 Å². The van der Waals surface area contributed by atoms with Crippen molar-refractivity contribution in [1.82, 2.24) is 29.4 Å². The number of nitrogens with two attached hydrogens (primary N) is 1. The highest BCUT2D eigenvalue weighted by atomic mass is 28.3. The Hall–Kier alpha value is -3.04. The second kappa shape index (κ2) is 12.9. The van der Waals surface area contributed by atoms with Gasteiger partial charge in [-0.3, -0.25) is 0 Å². The Balaban J connectivity index is 0.960. The van der Waals surface area contributed by atoms with Crippen LogP contribution in [0.25, 0.3) is 22.1 Å². The molecule has 2 aliphatic carbocycles. The third-order valence-electron chi connectivity index (χ3n) is 10.5. The molecular formula is C35H48F3N7O3Si. The average Bonchev–Trinajstić information content (AvgIpc) is 3.73. The first-order chi connectivity index (χ1) is 23.1. The van der Waals surface area contributed by atoms with Gasteiger partial charge in [0, 0.05) is 39.8 Å². The van der Waals surface area contributed by atoms with Gasteiger partial charge in [-0.25, -0.2) is 15.0 Å². The molecule has 0 bridgehead atoms. The van der Waals surface area contributed by atoms with Crippen LogP contribution in [0.15, 0.2) is 36.8 Å². The van der Waals surface area contributed by atoms with Gasteiger partial charge in [0.05, 0.1) is 34.1 Å². The SMILES string of the molecule is CC1(C)OC2C(CNCC3CC(Cc4nc5cc(C(F)(F)F)ccc5n4COCC[Si](C)(C)C)C3)CC(n3ccc4c(N)ncnc43)C2O1. The van der Waals surface area contributed by atoms with Gasteiger partial charge in [-0.2, -0.15) is 13.2 Å². The van der Waals surface area contributed by atoms with Crippen LogP contribution in [0.4, 0.5) is 19.0 Å². The van der Waals surface area contributed by atoms with Gasteiger partial charge >= 0.3 is 6.18 Å². The molecule has 4 unspecified atom stereocenters. The summed E-state index contributed by atoms with van der Waals surface area (Å²) in [6.07, 6.45) is 2.70. The van der Waals surface area contributed by atoms with E-state index in [1.54, 1.807) is 0 Å². The first kappa shape index (κ1) is 34.4. The van der Waals surface area contributed by atoms with E-state index in [1.165, 1.54) is 12.4 Å². The molecule has 3 aliphatic rings. The van der Waals surface area contributed by atoms with Crippen molar-refractivity contribution in [2.24, 2.45) is 17.8 Å². The summed E-state index contributed by atoms with van der Waals surface area (Å²) in [6.45, 7) is 13.5. The van der Waals surface area contributed by atoms with E-state index in [4.69, 9.17) is 24.9 Å². The van der Waals surface area contributed by atoms with E-state index in [0.717, 1.165) is 73.8 Å². The molecule has 0 amide bonds. The van der Waals surface area contributed by atoms with Crippen LogP contribution in [0.5, 0.6) is 0 Å². The van der Waals surface area contributed by atoms with Crippen LogP contribution in [-0.4, -0.2) is 69.9 Å². The number of aromatic nitrogens is 5. The smallest absolute Gasteiger partial charge is 0.383 e. The topological polar surface area (TPSA) is 114 Å². The van der Waals surface area contributed by atoms with Crippen molar-refractivity contribution in [2.75, 3.05) is 25.4 Å². The van der Waals surface area contributed by atoms with Crippen molar-refractivity contribution >= 4 is 36.0 Å². The zero-order chi connectivity index (χ0) is 34.7. The molecule has 1 aromatic carbocycles. The molecule has 7 rings (SSSR count). The van der Waals surface area contributed by atoms with Gasteiger partial charge in [-0.15, -0.1) is 0 Å². The van der Waals surface area contributed by atoms with Crippen molar-refractivity contribution in [2.45, 2.75) is 102 Å². The van der Waals surface area contributed by atoms with Crippen LogP contribution in [0.2, 0.25) is 25.7 Å². The second-order valence-corrected chi connectivity index (χ2v) is 21.5. The predicted octanol–water partition coefficient (Wildman–Crippen LogP) is 6.63. The maximum atomic E-state index is 13.5. The number of alkyl halides is 3. The van der Waals surface area contributed by atoms with Gasteiger partial charge < -0.3 is 34.4 Å². The molecule has 14 heteroatoms. The number of halogens is 3. The lowest BCUT2D eigenvalue weighted by Gasteiger charge is -2.36. The van der Waals surface area contributed by atoms with E-state index in [1.807, 2.05) is 30.7 Å². The van der Waals surface area contributed by atoms with Crippen molar-refractivity contribution in [3.63, 3.8) is 0 Å². The van der Waals surface area contributed by atoms with Crippen molar-refractivity contribution < 1.29 is 27.4 Å². The second-order valence-electron chi connectivity index (χ2n) is 15.9. The van der Waals surface area contributed by atoms with E-state index in [-0.39, 0.29) is 24.2 Å². The third kappa shape index (κ3) is 7.25. The zero-order valence-electron chi connectivity index (χ0n) is 29.0. The maximum Gasteiger partial charge on any atom is 0.416 e. The monoisotopic (exact) mass is 699 g/mol. The van der Waals surface area contributed by atoms with E-state index in [0.29, 0.717) is 42.0 Å². The van der Waals surface area contributed by atoms with Gasteiger partial charge in [-0.05, 0) is 81.8 Å². The summed E-state index contributed by atoms with van der Waals surface area (Å²) in [7, 11) is -1.27. The van der Waals surface area contributed by atoms with Crippen molar-refractivity contribution in [3.05, 3.63) is 48.2 Å². The highest BCUT2D eigenvalue weighted by Gasteiger charge is 2.54. The van der Waals surface area contributed by atoms with Gasteiger partial charge in [-0.1, -0.05) is 19.6 Å². The number of ether oxygens (including phenoxy) is 3. The number of nitrogens with one attached hydrogen (secondary N) is 1. The summed E-state index contributed by atoms with van der Waals surface area (Å²) < 4.78 is 63.5. The summed E-state index contributed by atoms with van der Waals surface area (Å²) in [5.41, 5.74) is 7.31. The maximum absolute atomic E-state index is 13.5. The minimum atomic E-state index is -4.41. The Kier molecular flexibility index (Phi) is 9.08. The Bertz CT molecular complexity index is 1800. The first-order valence-corrected chi connectivity index (χ1v) is 21.1. The van der Waals surface area contributed by atoms with Gasteiger partial charge in [0.25, 0.3) is 0 Å². The Morgan fingerprint density at radius 2 is 1.82 bits per heavy atom. The molecule has 3 N–H and O–H groups in total. The molecule has 49 heavy (non-hydrogen) atoms. The number of nitrogens with zero attached hydrogens (tertiary/aromatic N) is 5. The molecule has 2 saturated carbocycles. The lowest BCUT2D eigenvalue weighted by Crippen LogP contribution is -2.38. The van der Waals surface area contributed by atoms with E-state index >= 15 is 0 Å². The molecule has 0 radical (unpaired) electrons. The molecular weight excluding hydrogens is 652 g/mol. The van der Waals surface area contributed by atoms with Gasteiger partial charge in [0.2, 0.25) is 0 Å². The van der Waals surface area contributed by atoms with Crippen LogP contribution < -0.4 is 11.1 Å². The summed E-state index contributed by atoms with van der Waals surface area (Å²) in [5.74, 6) is 1.84. The average molecular weight is 700 g/mol. The molecule has 10 nitrogen and oxygen atoms in total. The number of benzene rings is 1. The number of nitrogen functional groups attached to an aromatic ring is 1. The third-order valence-corrected chi connectivity index (χ3v) is 12.2. The molecule has 3 fully saturated rings. The Morgan fingerprint density at radius 1 is 1.04 bits per heavy atom. The fourth-order valence-corrected chi connectivity index (χ4v) is 8.67. The number of imidazole rings is 1. The number of fused-ring (bicyclic) bond motifs is 3. The van der Waals surface area contributed by atoms with Crippen LogP contribution in [0, 0.1) is 17.8 Å². The molecule has 1 aliphatic heterocycles. The Morgan fingerprint density at radius 3 is 2.57 bits per heavy atom. The highest BCUT2D eigenvalue weighted by molar-refractivity contribution is 6.76. The zero-order valence-corrected chi connectivity index (χ0v) is 30.0. The fraction of sp³-hybridized carbons (Fsp3) is 0.629. The molecule has 4 heterocycles. The minimum absolute atomic E-state index is 0.0305. The van der Waals surface area contributed by atoms with Crippen molar-refractivity contribution in [3.8, 4) is 0 Å². The highest BCUT2D eigenvalue weighted by Crippen LogP contribution is 2.48. The summed E-state index contributed by atoms with van der Waals surface area (Å²) in [4.78, 5) is 13.4. The molecule has 1 saturated heterocycles. The summed E-state index contributed by atoms with van der Waals surface area (Å²) >= 11 is 0. The number of hydrogen-bond acceptors (Lipinski definition) is 8. The summed E-state index contributed by atoms with van der Waals surface area (Å²) in [5, 5.41) is 4.57. The van der Waals surface area contributed by atoms with Crippen LogP contribution in [-0.2, 0) is 33.5 Å². The van der Waals surface area contributed by atoms with E-state index in [2.05, 4.69) is 39.5 Å². The first-order valence-electron chi connectivity index (χ1n) is 17.4. The largest absolute Gasteiger partial charge is 0.416 e. The lowest BCUT2D eigenvalue weighted by atomic mass is 9.73. The molecule has 4 aromatic rings. The molecule has 0 spiro atoms. The van der Waals surface area contributed by atoms with Crippen LogP contribution in [0.1, 0.15) is 50.5 Å². The predicted molar refractivity (Wildman–Crippen MR) is 185 cm³/mol. The lowest BCUT2D eigenvalue weighted by molar-refractivity contribution is -0.160. The fourth-order valence-electron chi connectivity index (χ4n) is 7.92. The molecule has 4 atom stereocenters. The number of rotatable bonds is 12. The minimum Gasteiger partial charge on any atom is -0.383 e. The number of anilines is 1. The molecule has 3 aromatic heterocycles. The molecule has 266 valence electrons. The van der Waals surface area contributed by atoms with Crippen LogP contribution in [0.3, 0.4) is 0 Å². The standard InChI is InChI=1S/C35H48F3N7O3Si/c1-34(2)47-30-23(15-28(31(30)48-34)44-9-8-25-32(39)41-19-42-33(25)44)18-40-17-22-12-21(13-22)14-29-43-26-16-24(35(36,37)38)6-7-27(26)45(29)20-46-10-11-49(3,4)5/h6-9,16,19,21-23,28,30-31,40H,10-15,17-18,20H2,1-5H3,(H2,39,41,42). The summed E-state index contributed by atoms with van der Waals surface area (Å²) in [6, 6.07) is 6.90. The van der Waals surface area contributed by atoms with E-state index < -0.39 is 25.6 Å². The van der Waals surface area contributed by atoms with Gasteiger partial charge in [0.15, 0.2) is 5.79 Å². The van der Waals surface area contributed by atoms with E-state index in [9.17, 15) is 13.2 Å².